The van der Waals surface area contributed by atoms with Gasteiger partial charge in [0.2, 0.25) is 11.8 Å². The first-order valence-corrected chi connectivity index (χ1v) is 12.0. The van der Waals surface area contributed by atoms with Crippen molar-refractivity contribution in [2.75, 3.05) is 28.1 Å². The summed E-state index contributed by atoms with van der Waals surface area (Å²) in [7, 11) is -3.91. The molecule has 0 saturated heterocycles. The number of benzene rings is 2. The lowest BCUT2D eigenvalue weighted by molar-refractivity contribution is -0.127. The van der Waals surface area contributed by atoms with Crippen LogP contribution in [0, 0.1) is 19.3 Å². The largest absolute Gasteiger partial charge is 0.490 e. The molecule has 176 valence electrons. The number of sulfonamides is 1. The number of aryl methyl sites for hydroxylation is 2. The van der Waals surface area contributed by atoms with Gasteiger partial charge in [0, 0.05) is 25.2 Å². The molecule has 1 heterocycles. The average molecular weight is 472 g/mol. The molecule has 2 aromatic carbocycles. The van der Waals surface area contributed by atoms with Gasteiger partial charge in [-0.05, 0) is 63.1 Å². The number of rotatable bonds is 6. The molecule has 0 aromatic heterocycles. The van der Waals surface area contributed by atoms with Gasteiger partial charge in [-0.1, -0.05) is 6.08 Å². The Morgan fingerprint density at radius 1 is 1.21 bits per heavy atom. The minimum absolute atomic E-state index is 0.0760. The maximum Gasteiger partial charge on any atom is 0.261 e. The Hall–Kier alpha value is -3.33. The van der Waals surface area contributed by atoms with Crippen LogP contribution in [0.2, 0.25) is 0 Å². The zero-order chi connectivity index (χ0) is 24.6. The summed E-state index contributed by atoms with van der Waals surface area (Å²) in [6.07, 6.45) is 1.63. The molecule has 0 atom stereocenters. The highest BCUT2D eigenvalue weighted by Crippen LogP contribution is 2.38. The molecule has 0 bridgehead atoms. The number of carbonyl (C=O) groups is 2. The fourth-order valence-corrected chi connectivity index (χ4v) is 4.91. The van der Waals surface area contributed by atoms with Crippen molar-refractivity contribution < 1.29 is 22.7 Å². The monoisotopic (exact) mass is 471 g/mol. The van der Waals surface area contributed by atoms with E-state index < -0.39 is 15.4 Å². The van der Waals surface area contributed by atoms with Gasteiger partial charge in [-0.3, -0.25) is 14.3 Å². The fourth-order valence-electron chi connectivity index (χ4n) is 3.69. The van der Waals surface area contributed by atoms with Crippen LogP contribution in [0.1, 0.15) is 31.9 Å². The first-order chi connectivity index (χ1) is 15.4. The normalized spacial score (nSPS) is 15.2. The summed E-state index contributed by atoms with van der Waals surface area (Å²) in [5.74, 6) is 0.0797. The zero-order valence-corrected chi connectivity index (χ0v) is 20.3. The second-order valence-electron chi connectivity index (χ2n) is 8.78. The Morgan fingerprint density at radius 2 is 1.85 bits per heavy atom. The number of hydrogen-bond acceptors (Lipinski definition) is 5. The quantitative estimate of drug-likeness (QED) is 0.620. The van der Waals surface area contributed by atoms with E-state index in [1.54, 1.807) is 56.9 Å². The predicted octanol–water partition coefficient (Wildman–Crippen LogP) is 4.00. The van der Waals surface area contributed by atoms with Crippen LogP contribution >= 0.6 is 0 Å². The summed E-state index contributed by atoms with van der Waals surface area (Å²) >= 11 is 0. The van der Waals surface area contributed by atoms with E-state index in [0.29, 0.717) is 40.5 Å². The summed E-state index contributed by atoms with van der Waals surface area (Å²) in [4.78, 5) is 26.0. The molecule has 2 N–H and O–H groups in total. The Labute approximate surface area is 194 Å². The van der Waals surface area contributed by atoms with Crippen LogP contribution in [-0.4, -0.2) is 33.4 Å². The number of fused-ring (bicyclic) bond motifs is 1. The molecule has 0 aliphatic carbocycles. The standard InChI is InChI=1S/C24H29N3O5S/c1-7-10-27-20-9-8-18(13-21(20)32-14-24(5,6)23(27)29)26-33(30,31)19-11-15(2)22(16(3)12-19)25-17(4)28/h7-9,11-13,26H,1,10,14H2,2-6H3,(H,25,28). The van der Waals surface area contributed by atoms with Gasteiger partial charge in [0.25, 0.3) is 10.0 Å². The van der Waals surface area contributed by atoms with Crippen LogP contribution in [0.25, 0.3) is 0 Å². The van der Waals surface area contributed by atoms with E-state index in [1.165, 1.54) is 19.1 Å². The van der Waals surface area contributed by atoms with Crippen LogP contribution in [-0.2, 0) is 19.6 Å². The average Bonchev–Trinajstić information content (AvgIpc) is 2.80. The van der Waals surface area contributed by atoms with E-state index in [9.17, 15) is 18.0 Å². The first kappa shape index (κ1) is 24.3. The lowest BCUT2D eigenvalue weighted by Crippen LogP contribution is -2.42. The molecule has 33 heavy (non-hydrogen) atoms. The van der Waals surface area contributed by atoms with Crippen molar-refractivity contribution in [3.05, 3.63) is 54.1 Å². The molecule has 0 saturated carbocycles. The maximum atomic E-state index is 13.1. The zero-order valence-electron chi connectivity index (χ0n) is 19.5. The lowest BCUT2D eigenvalue weighted by atomic mass is 9.93. The molecular formula is C24H29N3O5S. The predicted molar refractivity (Wildman–Crippen MR) is 129 cm³/mol. The second kappa shape index (κ2) is 8.90. The molecule has 0 spiro atoms. The Balaban J connectivity index is 1.95. The number of nitrogens with one attached hydrogen (secondary N) is 2. The van der Waals surface area contributed by atoms with Gasteiger partial charge < -0.3 is 15.0 Å². The summed E-state index contributed by atoms with van der Waals surface area (Å²) in [5, 5.41) is 2.72. The highest BCUT2D eigenvalue weighted by Gasteiger charge is 2.37. The molecule has 2 amide bonds. The molecule has 0 fully saturated rings. The van der Waals surface area contributed by atoms with Crippen LogP contribution < -0.4 is 19.7 Å². The lowest BCUT2D eigenvalue weighted by Gasteiger charge is -2.27. The summed E-state index contributed by atoms with van der Waals surface area (Å²) < 4.78 is 34.6. The topological polar surface area (TPSA) is 105 Å². The molecule has 8 nitrogen and oxygen atoms in total. The molecule has 3 rings (SSSR count). The number of anilines is 3. The van der Waals surface area contributed by atoms with Crippen molar-refractivity contribution in [2.45, 2.75) is 39.5 Å². The molecule has 1 aliphatic rings. The second-order valence-corrected chi connectivity index (χ2v) is 10.5. The van der Waals surface area contributed by atoms with Gasteiger partial charge in [0.15, 0.2) is 0 Å². The van der Waals surface area contributed by atoms with Gasteiger partial charge in [-0.2, -0.15) is 0 Å². The number of amides is 2. The van der Waals surface area contributed by atoms with E-state index in [-0.39, 0.29) is 23.3 Å². The maximum absolute atomic E-state index is 13.1. The third-order valence-electron chi connectivity index (χ3n) is 5.34. The van der Waals surface area contributed by atoms with E-state index in [0.717, 1.165) is 0 Å². The SMILES string of the molecule is C=CCN1C(=O)C(C)(C)COc2cc(NS(=O)(=O)c3cc(C)c(NC(C)=O)c(C)c3)ccc21. The highest BCUT2D eigenvalue weighted by molar-refractivity contribution is 7.92. The molecule has 9 heteroatoms. The Morgan fingerprint density at radius 3 is 2.42 bits per heavy atom. The van der Waals surface area contributed by atoms with Crippen molar-refractivity contribution in [1.29, 1.82) is 0 Å². The van der Waals surface area contributed by atoms with E-state index in [1.807, 2.05) is 0 Å². The number of hydrogen-bond donors (Lipinski definition) is 2. The van der Waals surface area contributed by atoms with Gasteiger partial charge in [0.1, 0.15) is 12.4 Å². The number of ether oxygens (including phenoxy) is 1. The number of nitrogens with zero attached hydrogens (tertiary/aromatic N) is 1. The minimum atomic E-state index is -3.91. The molecule has 2 aromatic rings. The first-order valence-electron chi connectivity index (χ1n) is 10.5. The minimum Gasteiger partial charge on any atom is -0.490 e. The molecule has 0 unspecified atom stereocenters. The Bertz CT molecular complexity index is 1210. The highest BCUT2D eigenvalue weighted by atomic mass is 32.2. The molecule has 1 aliphatic heterocycles. The molecule has 0 radical (unpaired) electrons. The summed E-state index contributed by atoms with van der Waals surface area (Å²) in [5.41, 5.74) is 1.98. The van der Waals surface area contributed by atoms with Gasteiger partial charge in [-0.25, -0.2) is 8.42 Å². The fraction of sp³-hybridized carbons (Fsp3) is 0.333. The van der Waals surface area contributed by atoms with Crippen molar-refractivity contribution in [1.82, 2.24) is 0 Å². The van der Waals surface area contributed by atoms with Crippen molar-refractivity contribution in [3.63, 3.8) is 0 Å². The Kier molecular flexibility index (Phi) is 6.56. The van der Waals surface area contributed by atoms with E-state index in [2.05, 4.69) is 16.6 Å². The van der Waals surface area contributed by atoms with Gasteiger partial charge >= 0.3 is 0 Å². The molecular weight excluding hydrogens is 442 g/mol. The summed E-state index contributed by atoms with van der Waals surface area (Å²) in [6, 6.07) is 7.84. The smallest absolute Gasteiger partial charge is 0.261 e. The van der Waals surface area contributed by atoms with Crippen molar-refractivity contribution in [2.24, 2.45) is 5.41 Å². The van der Waals surface area contributed by atoms with Crippen LogP contribution in [0.4, 0.5) is 17.1 Å². The van der Waals surface area contributed by atoms with Gasteiger partial charge in [0.05, 0.1) is 21.7 Å². The van der Waals surface area contributed by atoms with Gasteiger partial charge in [-0.15, -0.1) is 6.58 Å². The number of carbonyl (C=O) groups excluding carboxylic acids is 2. The third kappa shape index (κ3) is 5.03. The van der Waals surface area contributed by atoms with E-state index in [4.69, 9.17) is 4.74 Å². The van der Waals surface area contributed by atoms with Crippen molar-refractivity contribution in [3.8, 4) is 5.75 Å². The van der Waals surface area contributed by atoms with Crippen LogP contribution in [0.3, 0.4) is 0 Å². The van der Waals surface area contributed by atoms with Crippen LogP contribution in [0.5, 0.6) is 5.75 Å². The summed E-state index contributed by atoms with van der Waals surface area (Å²) in [6.45, 7) is 12.7. The van der Waals surface area contributed by atoms with Crippen LogP contribution in [0.15, 0.2) is 47.9 Å². The third-order valence-corrected chi connectivity index (χ3v) is 6.71. The van der Waals surface area contributed by atoms with E-state index >= 15 is 0 Å². The van der Waals surface area contributed by atoms with Crippen molar-refractivity contribution >= 4 is 38.9 Å².